The Morgan fingerprint density at radius 2 is 1.70 bits per heavy atom. The molecule has 0 radical (unpaired) electrons. The van der Waals surface area contributed by atoms with E-state index in [-0.39, 0.29) is 5.92 Å². The fraction of sp³-hybridized carbons (Fsp3) is 0.533. The zero-order valence-electron chi connectivity index (χ0n) is 13.3. The van der Waals surface area contributed by atoms with Gasteiger partial charge in [0.05, 0.1) is 0 Å². The van der Waals surface area contributed by atoms with Gasteiger partial charge in [0.2, 0.25) is 0 Å². The van der Waals surface area contributed by atoms with E-state index in [0.29, 0.717) is 26.2 Å². The fourth-order valence-corrected chi connectivity index (χ4v) is 4.02. The van der Waals surface area contributed by atoms with Crippen LogP contribution in [-0.4, -0.2) is 56.0 Å². The van der Waals surface area contributed by atoms with E-state index in [2.05, 4.69) is 9.62 Å². The molecule has 0 aromatic heterocycles. The van der Waals surface area contributed by atoms with Gasteiger partial charge in [-0.2, -0.15) is 17.4 Å². The zero-order valence-corrected chi connectivity index (χ0v) is 14.2. The van der Waals surface area contributed by atoms with Crippen LogP contribution in [0.1, 0.15) is 13.8 Å². The molecule has 1 aromatic carbocycles. The second-order valence-electron chi connectivity index (χ2n) is 5.90. The molecule has 0 saturated carbocycles. The van der Waals surface area contributed by atoms with E-state index in [1.54, 1.807) is 13.8 Å². The first-order chi connectivity index (χ1) is 10.8. The van der Waals surface area contributed by atoms with Crippen molar-refractivity contribution in [1.29, 1.82) is 0 Å². The van der Waals surface area contributed by atoms with Crippen LogP contribution < -0.4 is 9.62 Å². The molecule has 0 bridgehead atoms. The van der Waals surface area contributed by atoms with Crippen molar-refractivity contribution < 1.29 is 18.3 Å². The number of carbonyl (C=O) groups is 1. The van der Waals surface area contributed by atoms with Gasteiger partial charge in [0.15, 0.2) is 0 Å². The minimum atomic E-state index is -3.80. The van der Waals surface area contributed by atoms with Crippen LogP contribution in [0.5, 0.6) is 0 Å². The van der Waals surface area contributed by atoms with Crippen LogP contribution in [0.3, 0.4) is 0 Å². The number of carboxylic acids is 1. The van der Waals surface area contributed by atoms with E-state index in [1.807, 2.05) is 30.3 Å². The van der Waals surface area contributed by atoms with Gasteiger partial charge in [-0.15, -0.1) is 0 Å². The molecule has 1 aliphatic rings. The second kappa shape index (κ2) is 7.29. The number of piperazine rings is 1. The first kappa shape index (κ1) is 17.7. The highest BCUT2D eigenvalue weighted by atomic mass is 32.2. The summed E-state index contributed by atoms with van der Waals surface area (Å²) in [5.41, 5.74) is 1.06. The molecule has 0 aliphatic carbocycles. The van der Waals surface area contributed by atoms with E-state index in [4.69, 9.17) is 5.11 Å². The molecular formula is C15H23N3O4S. The Kier molecular flexibility index (Phi) is 5.61. The topological polar surface area (TPSA) is 90.0 Å². The molecule has 2 rings (SSSR count). The summed E-state index contributed by atoms with van der Waals surface area (Å²) in [5, 5.41) is 9.14. The van der Waals surface area contributed by atoms with Crippen LogP contribution in [0.2, 0.25) is 0 Å². The van der Waals surface area contributed by atoms with E-state index in [9.17, 15) is 13.2 Å². The molecule has 128 valence electrons. The maximum absolute atomic E-state index is 12.4. The van der Waals surface area contributed by atoms with Crippen LogP contribution in [-0.2, 0) is 15.0 Å². The summed E-state index contributed by atoms with van der Waals surface area (Å²) in [6.07, 6.45) is 0. The maximum atomic E-state index is 12.4. The highest BCUT2D eigenvalue weighted by Gasteiger charge is 2.32. The van der Waals surface area contributed by atoms with Crippen LogP contribution >= 0.6 is 0 Å². The van der Waals surface area contributed by atoms with Crippen LogP contribution in [0.4, 0.5) is 5.69 Å². The first-order valence-electron chi connectivity index (χ1n) is 7.61. The molecule has 1 aromatic rings. The molecule has 1 atom stereocenters. The quantitative estimate of drug-likeness (QED) is 0.797. The summed E-state index contributed by atoms with van der Waals surface area (Å²) in [4.78, 5) is 13.3. The van der Waals surface area contributed by atoms with Crippen molar-refractivity contribution in [2.45, 2.75) is 19.9 Å². The number of carboxylic acid groups (broad SMARTS) is 1. The lowest BCUT2D eigenvalue weighted by atomic mass is 10.1. The number of anilines is 1. The predicted molar refractivity (Wildman–Crippen MR) is 88.5 cm³/mol. The molecule has 0 amide bonds. The minimum absolute atomic E-state index is 0.326. The molecule has 1 heterocycles. The van der Waals surface area contributed by atoms with Gasteiger partial charge in [0.25, 0.3) is 10.2 Å². The summed E-state index contributed by atoms with van der Waals surface area (Å²) < 4.78 is 28.4. The van der Waals surface area contributed by atoms with E-state index >= 15 is 0 Å². The maximum Gasteiger partial charge on any atom is 0.322 e. The summed E-state index contributed by atoms with van der Waals surface area (Å²) in [7, 11) is -3.80. The minimum Gasteiger partial charge on any atom is -0.480 e. The van der Waals surface area contributed by atoms with Gasteiger partial charge < -0.3 is 10.0 Å². The summed E-state index contributed by atoms with van der Waals surface area (Å²) in [5.74, 6) is -1.49. The smallest absolute Gasteiger partial charge is 0.322 e. The van der Waals surface area contributed by atoms with Gasteiger partial charge in [0, 0.05) is 31.9 Å². The number of nitrogens with zero attached hydrogens (tertiary/aromatic N) is 2. The normalized spacial score (nSPS) is 18.1. The number of aliphatic carboxylic acids is 1. The molecule has 23 heavy (non-hydrogen) atoms. The molecule has 8 heteroatoms. The largest absolute Gasteiger partial charge is 0.480 e. The van der Waals surface area contributed by atoms with Crippen LogP contribution in [0.25, 0.3) is 0 Å². The summed E-state index contributed by atoms with van der Waals surface area (Å²) in [6, 6.07) is 8.68. The Balaban J connectivity index is 1.99. The highest BCUT2D eigenvalue weighted by Crippen LogP contribution is 2.17. The molecule has 0 spiro atoms. The second-order valence-corrected chi connectivity index (χ2v) is 7.61. The number of benzene rings is 1. The van der Waals surface area contributed by atoms with Crippen LogP contribution in [0.15, 0.2) is 30.3 Å². The van der Waals surface area contributed by atoms with Gasteiger partial charge in [-0.05, 0) is 18.1 Å². The number of hydrogen-bond donors (Lipinski definition) is 2. The summed E-state index contributed by atoms with van der Waals surface area (Å²) >= 11 is 0. The van der Waals surface area contributed by atoms with Crippen molar-refractivity contribution in [3.05, 3.63) is 30.3 Å². The third kappa shape index (κ3) is 4.43. The molecule has 1 aliphatic heterocycles. The van der Waals surface area contributed by atoms with Gasteiger partial charge in [-0.25, -0.2) is 0 Å². The van der Waals surface area contributed by atoms with Gasteiger partial charge in [0.1, 0.15) is 6.04 Å². The third-order valence-electron chi connectivity index (χ3n) is 3.91. The number of nitrogens with one attached hydrogen (secondary N) is 1. The van der Waals surface area contributed by atoms with Crippen molar-refractivity contribution in [2.75, 3.05) is 31.1 Å². The average molecular weight is 341 g/mol. The van der Waals surface area contributed by atoms with Gasteiger partial charge >= 0.3 is 5.97 Å². The van der Waals surface area contributed by atoms with E-state index in [0.717, 1.165) is 5.69 Å². The lowest BCUT2D eigenvalue weighted by Crippen LogP contribution is -2.55. The lowest BCUT2D eigenvalue weighted by molar-refractivity contribution is -0.140. The van der Waals surface area contributed by atoms with E-state index in [1.165, 1.54) is 4.31 Å². The molecule has 7 nitrogen and oxygen atoms in total. The van der Waals surface area contributed by atoms with Gasteiger partial charge in [-0.1, -0.05) is 32.0 Å². The molecule has 1 fully saturated rings. The fourth-order valence-electron chi connectivity index (χ4n) is 2.53. The van der Waals surface area contributed by atoms with Crippen molar-refractivity contribution in [2.24, 2.45) is 5.92 Å². The number of hydrogen-bond acceptors (Lipinski definition) is 4. The highest BCUT2D eigenvalue weighted by molar-refractivity contribution is 7.87. The molecular weight excluding hydrogens is 318 g/mol. The third-order valence-corrected chi connectivity index (χ3v) is 5.51. The van der Waals surface area contributed by atoms with Gasteiger partial charge in [-0.3, -0.25) is 4.79 Å². The lowest BCUT2D eigenvalue weighted by Gasteiger charge is -2.36. The Morgan fingerprint density at radius 3 is 2.17 bits per heavy atom. The average Bonchev–Trinajstić information content (AvgIpc) is 2.53. The zero-order chi connectivity index (χ0) is 17.0. The standard InChI is InChI=1S/C15H23N3O4S/c1-12(2)14(15(19)20)16-23(21,22)18-10-8-17(9-11-18)13-6-4-3-5-7-13/h3-7,12,14,16H,8-11H2,1-2H3,(H,19,20)/t14-/m1/s1. The Morgan fingerprint density at radius 1 is 1.13 bits per heavy atom. The Hall–Kier alpha value is -1.64. The molecule has 1 saturated heterocycles. The van der Waals surface area contributed by atoms with Crippen molar-refractivity contribution >= 4 is 21.9 Å². The van der Waals surface area contributed by atoms with Crippen molar-refractivity contribution in [3.8, 4) is 0 Å². The summed E-state index contributed by atoms with van der Waals surface area (Å²) in [6.45, 7) is 5.15. The Labute approximate surface area is 137 Å². The van der Waals surface area contributed by atoms with E-state index < -0.39 is 22.2 Å². The first-order valence-corrected chi connectivity index (χ1v) is 9.05. The van der Waals surface area contributed by atoms with Crippen LogP contribution in [0, 0.1) is 5.92 Å². The number of para-hydroxylation sites is 1. The molecule has 0 unspecified atom stereocenters. The SMILES string of the molecule is CC(C)[C@@H](NS(=O)(=O)N1CCN(c2ccccc2)CC1)C(=O)O. The predicted octanol–water partition coefficient (Wildman–Crippen LogP) is 0.752. The molecule has 2 N–H and O–H groups in total. The Bertz CT molecular complexity index is 625. The van der Waals surface area contributed by atoms with Crippen molar-refractivity contribution in [3.63, 3.8) is 0 Å². The monoisotopic (exact) mass is 341 g/mol. The number of rotatable bonds is 6. The van der Waals surface area contributed by atoms with Crippen molar-refractivity contribution in [1.82, 2.24) is 9.03 Å².